The number of nitrogens with zero attached hydrogens (tertiary/aromatic N) is 3. The van der Waals surface area contributed by atoms with E-state index in [9.17, 15) is 19.6 Å². The van der Waals surface area contributed by atoms with Crippen LogP contribution in [-0.4, -0.2) is 59.7 Å². The minimum absolute atomic E-state index is 0.0308. The van der Waals surface area contributed by atoms with Crippen LogP contribution in [0.4, 0.5) is 10.5 Å². The van der Waals surface area contributed by atoms with Crippen LogP contribution in [0.15, 0.2) is 42.5 Å². The van der Waals surface area contributed by atoms with Gasteiger partial charge in [0.2, 0.25) is 0 Å². The van der Waals surface area contributed by atoms with E-state index in [-0.39, 0.29) is 12.1 Å². The SMILES string of the molecule is COC(=O)Cc1ccc2c(c1)N[C@@H](C(=O)OC)CCCC[C@H](N1CCC(c3cccc(Cl)c3)OC1=O)c1nc(C#N)c-2[nH]1. The number of halogens is 1. The number of H-pyrrole nitrogens is 1. The Kier molecular flexibility index (Phi) is 9.16. The number of hydrogen-bond donors (Lipinski definition) is 2. The van der Waals surface area contributed by atoms with Gasteiger partial charge in [0.1, 0.15) is 24.0 Å². The maximum Gasteiger partial charge on any atom is 0.411 e. The number of cyclic esters (lactones) is 1. The van der Waals surface area contributed by atoms with Crippen LogP contribution in [-0.2, 0) is 30.2 Å². The molecule has 5 rings (SSSR count). The standard InChI is InChI=1S/C31H32ClN5O6/c1-41-27(38)15-18-10-11-21-23(14-18)34-22(30(39)42-2)8-3-4-9-25(29-35-24(17-33)28(21)36-29)37-13-12-26(43-31(37)40)19-6-5-7-20(32)16-19/h5-7,10-11,14,16,22,25-26,34H,3-4,8-9,12-13,15H2,1-2H3,(H,35,36)/t22-,25+,26?/m1/s1. The van der Waals surface area contributed by atoms with Gasteiger partial charge in [0, 0.05) is 29.2 Å². The van der Waals surface area contributed by atoms with E-state index in [1.165, 1.54) is 14.2 Å². The van der Waals surface area contributed by atoms with E-state index in [1.54, 1.807) is 35.2 Å². The van der Waals surface area contributed by atoms with E-state index in [0.717, 1.165) is 5.56 Å². The summed E-state index contributed by atoms with van der Waals surface area (Å²) in [4.78, 5) is 47.7. The van der Waals surface area contributed by atoms with Crippen LogP contribution in [0.5, 0.6) is 0 Å². The fourth-order valence-corrected chi connectivity index (χ4v) is 5.83. The molecule has 3 atom stereocenters. The van der Waals surface area contributed by atoms with Crippen LogP contribution in [0.1, 0.15) is 66.9 Å². The van der Waals surface area contributed by atoms with Crippen LogP contribution < -0.4 is 5.32 Å². The highest BCUT2D eigenvalue weighted by Crippen LogP contribution is 2.38. The minimum atomic E-state index is -0.679. The highest BCUT2D eigenvalue weighted by molar-refractivity contribution is 6.30. The Morgan fingerprint density at radius 2 is 1.95 bits per heavy atom. The summed E-state index contributed by atoms with van der Waals surface area (Å²) in [5.41, 5.74) is 3.17. The van der Waals surface area contributed by atoms with E-state index < -0.39 is 36.2 Å². The zero-order chi connectivity index (χ0) is 30.5. The van der Waals surface area contributed by atoms with Gasteiger partial charge in [-0.25, -0.2) is 14.6 Å². The molecule has 12 heteroatoms. The molecule has 3 aromatic rings. The molecule has 2 N–H and O–H groups in total. The van der Waals surface area contributed by atoms with Crippen LogP contribution in [0, 0.1) is 11.3 Å². The van der Waals surface area contributed by atoms with Crippen molar-refractivity contribution in [2.75, 3.05) is 26.1 Å². The number of nitriles is 1. The average Bonchev–Trinajstić information content (AvgIpc) is 3.44. The van der Waals surface area contributed by atoms with Crippen LogP contribution >= 0.6 is 11.6 Å². The van der Waals surface area contributed by atoms with Crippen molar-refractivity contribution < 1.29 is 28.6 Å². The lowest BCUT2D eigenvalue weighted by atomic mass is 9.99. The molecular formula is C31H32ClN5O6. The van der Waals surface area contributed by atoms with Gasteiger partial charge in [-0.3, -0.25) is 9.69 Å². The number of rotatable bonds is 5. The number of methoxy groups -OCH3 is 2. The lowest BCUT2D eigenvalue weighted by Crippen LogP contribution is -2.42. The van der Waals surface area contributed by atoms with Crippen LogP contribution in [0.25, 0.3) is 11.3 Å². The van der Waals surface area contributed by atoms with Crippen molar-refractivity contribution in [3.8, 4) is 17.3 Å². The highest BCUT2D eigenvalue weighted by Gasteiger charge is 2.36. The third kappa shape index (κ3) is 6.60. The molecule has 1 unspecified atom stereocenters. The summed E-state index contributed by atoms with van der Waals surface area (Å²) in [5, 5.41) is 13.9. The molecule has 1 saturated heterocycles. The van der Waals surface area contributed by atoms with Crippen molar-refractivity contribution in [3.05, 3.63) is 70.1 Å². The maximum atomic E-state index is 13.4. The van der Waals surface area contributed by atoms with E-state index in [4.69, 9.17) is 25.8 Å². The van der Waals surface area contributed by atoms with E-state index in [0.29, 0.717) is 72.0 Å². The number of fused-ring (bicyclic) bond motifs is 4. The second-order valence-corrected chi connectivity index (χ2v) is 11.0. The molecule has 11 nitrogen and oxygen atoms in total. The number of hydrogen-bond acceptors (Lipinski definition) is 9. The number of aromatic amines is 1. The topological polar surface area (TPSA) is 147 Å². The normalized spacial score (nSPS) is 20.3. The summed E-state index contributed by atoms with van der Waals surface area (Å²) >= 11 is 6.16. The maximum absolute atomic E-state index is 13.4. The highest BCUT2D eigenvalue weighted by atomic mass is 35.5. The molecule has 0 saturated carbocycles. The van der Waals surface area contributed by atoms with Crippen molar-refractivity contribution in [1.82, 2.24) is 14.9 Å². The van der Waals surface area contributed by atoms with Gasteiger partial charge in [-0.2, -0.15) is 5.26 Å². The summed E-state index contributed by atoms with van der Waals surface area (Å²) in [7, 11) is 2.65. The Balaban J connectivity index is 1.52. The third-order valence-electron chi connectivity index (χ3n) is 7.82. The smallest absolute Gasteiger partial charge is 0.411 e. The molecule has 2 bridgehead atoms. The first-order valence-corrected chi connectivity index (χ1v) is 14.5. The largest absolute Gasteiger partial charge is 0.469 e. The number of esters is 2. The Morgan fingerprint density at radius 3 is 2.67 bits per heavy atom. The molecule has 224 valence electrons. The predicted octanol–water partition coefficient (Wildman–Crippen LogP) is 5.47. The molecule has 2 aliphatic rings. The van der Waals surface area contributed by atoms with Gasteiger partial charge in [-0.05, 0) is 42.2 Å². The number of benzene rings is 2. The fourth-order valence-electron chi connectivity index (χ4n) is 5.63. The Labute approximate surface area is 254 Å². The summed E-state index contributed by atoms with van der Waals surface area (Å²) in [5.74, 6) is -0.372. The van der Waals surface area contributed by atoms with E-state index >= 15 is 0 Å². The summed E-state index contributed by atoms with van der Waals surface area (Å²) in [6.07, 6.45) is 1.99. The van der Waals surface area contributed by atoms with Gasteiger partial charge < -0.3 is 24.5 Å². The van der Waals surface area contributed by atoms with E-state index in [2.05, 4.69) is 21.4 Å². The molecule has 0 radical (unpaired) electrons. The Bertz CT molecular complexity index is 1570. The summed E-state index contributed by atoms with van der Waals surface area (Å²) < 4.78 is 15.8. The Hall–Kier alpha value is -4.56. The van der Waals surface area contributed by atoms with Crippen LogP contribution in [0.3, 0.4) is 0 Å². The molecule has 1 amide bonds. The van der Waals surface area contributed by atoms with Gasteiger partial charge in [0.05, 0.1) is 32.4 Å². The lowest BCUT2D eigenvalue weighted by Gasteiger charge is -2.36. The van der Waals surface area contributed by atoms with Gasteiger partial charge >= 0.3 is 18.0 Å². The third-order valence-corrected chi connectivity index (χ3v) is 8.05. The van der Waals surface area contributed by atoms with Gasteiger partial charge in [-0.15, -0.1) is 0 Å². The van der Waals surface area contributed by atoms with Crippen LogP contribution in [0.2, 0.25) is 5.02 Å². The number of imidazole rings is 1. The number of nitrogens with one attached hydrogen (secondary N) is 2. The first-order valence-electron chi connectivity index (χ1n) is 14.1. The molecule has 2 aromatic carbocycles. The molecule has 1 fully saturated rings. The van der Waals surface area contributed by atoms with Crippen molar-refractivity contribution in [1.29, 1.82) is 5.26 Å². The molecule has 1 aromatic heterocycles. The Morgan fingerprint density at radius 1 is 1.14 bits per heavy atom. The van der Waals surface area contributed by atoms with E-state index in [1.807, 2.05) is 12.1 Å². The second-order valence-electron chi connectivity index (χ2n) is 10.5. The van der Waals surface area contributed by atoms with Crippen molar-refractivity contribution >= 4 is 35.3 Å². The quantitative estimate of drug-likeness (QED) is 0.285. The number of anilines is 1. The lowest BCUT2D eigenvalue weighted by molar-refractivity contribution is -0.142. The zero-order valence-electron chi connectivity index (χ0n) is 23.9. The molecule has 43 heavy (non-hydrogen) atoms. The zero-order valence-corrected chi connectivity index (χ0v) is 24.6. The minimum Gasteiger partial charge on any atom is -0.469 e. The number of carbonyl (C=O) groups is 3. The fraction of sp³-hybridized carbons (Fsp3) is 0.387. The first kappa shape index (κ1) is 29.9. The van der Waals surface area contributed by atoms with Crippen molar-refractivity contribution in [2.24, 2.45) is 0 Å². The summed E-state index contributed by atoms with van der Waals surface area (Å²) in [6.45, 7) is 0.415. The van der Waals surface area contributed by atoms with Gasteiger partial charge in [0.15, 0.2) is 5.69 Å². The van der Waals surface area contributed by atoms with Crippen molar-refractivity contribution in [3.63, 3.8) is 0 Å². The molecular weight excluding hydrogens is 574 g/mol. The monoisotopic (exact) mass is 605 g/mol. The summed E-state index contributed by atoms with van der Waals surface area (Å²) in [6, 6.07) is 13.5. The molecule has 0 spiro atoms. The molecule has 0 aliphatic carbocycles. The molecule has 3 heterocycles. The molecule has 2 aliphatic heterocycles. The first-order chi connectivity index (χ1) is 20.8. The predicted molar refractivity (Wildman–Crippen MR) is 157 cm³/mol. The second kappa shape index (κ2) is 13.2. The van der Waals surface area contributed by atoms with Crippen molar-refractivity contribution in [2.45, 2.75) is 56.7 Å². The number of ether oxygens (including phenoxy) is 3. The average molecular weight is 606 g/mol. The number of amides is 1. The van der Waals surface area contributed by atoms with Gasteiger partial charge in [0.25, 0.3) is 0 Å². The number of carbonyl (C=O) groups excluding carboxylic acids is 3. The number of aromatic nitrogens is 2. The van der Waals surface area contributed by atoms with Gasteiger partial charge in [-0.1, -0.05) is 48.7 Å².